The predicted octanol–water partition coefficient (Wildman–Crippen LogP) is 2.61. The first kappa shape index (κ1) is 10.3. The molecule has 0 atom stereocenters. The Kier molecular flexibility index (Phi) is 3.14. The highest BCUT2D eigenvalue weighted by Gasteiger charge is 2.16. The van der Waals surface area contributed by atoms with Crippen molar-refractivity contribution < 1.29 is 13.9 Å². The second kappa shape index (κ2) is 3.96. The molecule has 0 aliphatic heterocycles. The molecule has 0 bridgehead atoms. The van der Waals surface area contributed by atoms with Gasteiger partial charge in [0.25, 0.3) is 0 Å². The molecule has 0 radical (unpaired) electrons. The Balaban J connectivity index is 2.44. The molecule has 0 aliphatic rings. The number of alkyl halides is 1. The fourth-order valence-corrected chi connectivity index (χ4v) is 0.816. The molecule has 1 aromatic heterocycles. The number of esters is 1. The van der Waals surface area contributed by atoms with Crippen LogP contribution < -0.4 is 0 Å². The van der Waals surface area contributed by atoms with Crippen molar-refractivity contribution in [2.75, 3.05) is 6.61 Å². The zero-order valence-electron chi connectivity index (χ0n) is 7.54. The molecule has 1 rings (SSSR count). The monoisotopic (exact) mass is 246 g/mol. The fraction of sp³-hybridized carbons (Fsp3) is 0.444. The molecule has 0 unspecified atom stereocenters. The summed E-state index contributed by atoms with van der Waals surface area (Å²) in [5.74, 6) is -0.360. The first-order valence-corrected chi connectivity index (χ1v) is 4.66. The second-order valence-corrected chi connectivity index (χ2v) is 5.45. The summed E-state index contributed by atoms with van der Waals surface area (Å²) in [6, 6.07) is 1.57. The van der Waals surface area contributed by atoms with Gasteiger partial charge < -0.3 is 9.15 Å². The molecule has 0 N–H and O–H groups in total. The zero-order valence-corrected chi connectivity index (χ0v) is 9.13. The Morgan fingerprint density at radius 1 is 1.69 bits per heavy atom. The van der Waals surface area contributed by atoms with Gasteiger partial charge in [-0.15, -0.1) is 0 Å². The minimum Gasteiger partial charge on any atom is -0.472 e. The van der Waals surface area contributed by atoms with E-state index >= 15 is 0 Å². The van der Waals surface area contributed by atoms with Crippen molar-refractivity contribution in [1.29, 1.82) is 0 Å². The molecule has 0 spiro atoms. The minimum atomic E-state index is -0.360. The number of halogens is 1. The van der Waals surface area contributed by atoms with E-state index in [1.54, 1.807) is 6.07 Å². The summed E-state index contributed by atoms with van der Waals surface area (Å²) >= 11 is 3.37. The lowest BCUT2D eigenvalue weighted by atomic mass is 10.2. The standard InChI is InChI=1S/C9H11BrO3/c1-9(2,10)6-13-8(11)7-3-4-12-5-7/h3-5H,6H2,1-2H3. The molecule has 0 aliphatic carbocycles. The molecular weight excluding hydrogens is 236 g/mol. The Labute approximate surface area is 85.2 Å². The molecule has 0 saturated carbocycles. The van der Waals surface area contributed by atoms with Crippen LogP contribution in [0.5, 0.6) is 0 Å². The largest absolute Gasteiger partial charge is 0.472 e. The maximum atomic E-state index is 11.2. The van der Waals surface area contributed by atoms with Crippen LogP contribution in [0.4, 0.5) is 0 Å². The van der Waals surface area contributed by atoms with Gasteiger partial charge in [-0.05, 0) is 19.9 Å². The summed E-state index contributed by atoms with van der Waals surface area (Å²) in [5, 5.41) is 0. The van der Waals surface area contributed by atoms with Crippen LogP contribution in [0.25, 0.3) is 0 Å². The van der Waals surface area contributed by atoms with Crippen LogP contribution >= 0.6 is 15.9 Å². The smallest absolute Gasteiger partial charge is 0.341 e. The summed E-state index contributed by atoms with van der Waals surface area (Å²) in [6.45, 7) is 4.18. The molecule has 0 saturated heterocycles. The van der Waals surface area contributed by atoms with Crippen LogP contribution in [0.1, 0.15) is 24.2 Å². The summed E-state index contributed by atoms with van der Waals surface area (Å²) < 4.78 is 9.57. The third-order valence-electron chi connectivity index (χ3n) is 1.30. The van der Waals surface area contributed by atoms with E-state index in [1.807, 2.05) is 13.8 Å². The normalized spacial score (nSPS) is 11.3. The summed E-state index contributed by atoms with van der Waals surface area (Å²) in [5.41, 5.74) is 0.441. The number of furan rings is 1. The average Bonchev–Trinajstić information content (AvgIpc) is 2.50. The van der Waals surface area contributed by atoms with Gasteiger partial charge in [-0.2, -0.15) is 0 Å². The van der Waals surface area contributed by atoms with Gasteiger partial charge in [0.15, 0.2) is 0 Å². The molecule has 1 aromatic rings. The predicted molar refractivity (Wildman–Crippen MR) is 52.0 cm³/mol. The lowest BCUT2D eigenvalue weighted by molar-refractivity contribution is 0.0480. The van der Waals surface area contributed by atoms with Gasteiger partial charge in [-0.3, -0.25) is 0 Å². The molecule has 1 heterocycles. The third kappa shape index (κ3) is 3.63. The summed E-state index contributed by atoms with van der Waals surface area (Å²) in [4.78, 5) is 11.2. The van der Waals surface area contributed by atoms with Crippen molar-refractivity contribution in [3.05, 3.63) is 24.2 Å². The number of carbonyl (C=O) groups excluding carboxylic acids is 1. The van der Waals surface area contributed by atoms with Crippen molar-refractivity contribution in [1.82, 2.24) is 0 Å². The van der Waals surface area contributed by atoms with Crippen molar-refractivity contribution in [3.63, 3.8) is 0 Å². The van der Waals surface area contributed by atoms with E-state index in [-0.39, 0.29) is 10.3 Å². The van der Waals surface area contributed by atoms with Gasteiger partial charge >= 0.3 is 5.97 Å². The topological polar surface area (TPSA) is 39.4 Å². The highest BCUT2D eigenvalue weighted by Crippen LogP contribution is 2.16. The summed E-state index contributed by atoms with van der Waals surface area (Å²) in [7, 11) is 0. The van der Waals surface area contributed by atoms with Crippen molar-refractivity contribution in [2.45, 2.75) is 18.2 Å². The van der Waals surface area contributed by atoms with E-state index in [0.717, 1.165) is 0 Å². The Hall–Kier alpha value is -0.770. The lowest BCUT2D eigenvalue weighted by Crippen LogP contribution is -2.21. The van der Waals surface area contributed by atoms with Crippen LogP contribution in [0.15, 0.2) is 23.0 Å². The molecule has 4 heteroatoms. The molecule has 0 fully saturated rings. The SMILES string of the molecule is CC(C)(Br)COC(=O)c1ccoc1. The molecule has 0 aromatic carbocycles. The van der Waals surface area contributed by atoms with E-state index in [4.69, 9.17) is 9.15 Å². The van der Waals surface area contributed by atoms with E-state index in [9.17, 15) is 4.79 Å². The Bertz CT molecular complexity index is 272. The van der Waals surface area contributed by atoms with Gasteiger partial charge in [0.05, 0.1) is 16.2 Å². The molecule has 3 nitrogen and oxygen atoms in total. The maximum absolute atomic E-state index is 11.2. The highest BCUT2D eigenvalue weighted by atomic mass is 79.9. The first-order valence-electron chi connectivity index (χ1n) is 3.87. The first-order chi connectivity index (χ1) is 5.99. The zero-order chi connectivity index (χ0) is 9.90. The number of rotatable bonds is 3. The van der Waals surface area contributed by atoms with E-state index in [1.165, 1.54) is 12.5 Å². The molecule has 13 heavy (non-hydrogen) atoms. The number of hydrogen-bond acceptors (Lipinski definition) is 3. The maximum Gasteiger partial charge on any atom is 0.341 e. The van der Waals surface area contributed by atoms with E-state index < -0.39 is 0 Å². The molecule has 0 amide bonds. The minimum absolute atomic E-state index is 0.188. The van der Waals surface area contributed by atoms with Crippen molar-refractivity contribution in [2.24, 2.45) is 0 Å². The van der Waals surface area contributed by atoms with E-state index in [0.29, 0.717) is 12.2 Å². The van der Waals surface area contributed by atoms with Crippen molar-refractivity contribution >= 4 is 21.9 Å². The Morgan fingerprint density at radius 2 is 2.38 bits per heavy atom. The van der Waals surface area contributed by atoms with Crippen LogP contribution in [0.3, 0.4) is 0 Å². The van der Waals surface area contributed by atoms with Gasteiger partial charge in [0, 0.05) is 0 Å². The second-order valence-electron chi connectivity index (χ2n) is 3.31. The van der Waals surface area contributed by atoms with Gasteiger partial charge in [-0.25, -0.2) is 4.79 Å². The number of ether oxygens (including phenoxy) is 1. The molecular formula is C9H11BrO3. The van der Waals surface area contributed by atoms with Gasteiger partial charge in [0.1, 0.15) is 12.9 Å². The van der Waals surface area contributed by atoms with Crippen LogP contribution in [0, 0.1) is 0 Å². The van der Waals surface area contributed by atoms with E-state index in [2.05, 4.69) is 15.9 Å². The van der Waals surface area contributed by atoms with Gasteiger partial charge in [0.2, 0.25) is 0 Å². The summed E-state index contributed by atoms with van der Waals surface area (Å²) in [6.07, 6.45) is 2.80. The number of carbonyl (C=O) groups is 1. The van der Waals surface area contributed by atoms with Gasteiger partial charge in [-0.1, -0.05) is 15.9 Å². The highest BCUT2D eigenvalue weighted by molar-refractivity contribution is 9.10. The quantitative estimate of drug-likeness (QED) is 0.608. The number of hydrogen-bond donors (Lipinski definition) is 0. The molecule has 72 valence electrons. The van der Waals surface area contributed by atoms with Crippen LogP contribution in [-0.4, -0.2) is 16.9 Å². The average molecular weight is 247 g/mol. The lowest BCUT2D eigenvalue weighted by Gasteiger charge is -2.15. The third-order valence-corrected chi connectivity index (χ3v) is 1.53. The van der Waals surface area contributed by atoms with Crippen molar-refractivity contribution in [3.8, 4) is 0 Å². The van der Waals surface area contributed by atoms with Crippen LogP contribution in [-0.2, 0) is 4.74 Å². The Morgan fingerprint density at radius 3 is 2.85 bits per heavy atom. The fourth-order valence-electron chi connectivity index (χ4n) is 0.701. The van der Waals surface area contributed by atoms with Crippen LogP contribution in [0.2, 0.25) is 0 Å².